The van der Waals surface area contributed by atoms with Crippen molar-refractivity contribution in [2.24, 2.45) is 5.10 Å². The molecule has 1 heterocycles. The number of benzene rings is 2. The van der Waals surface area contributed by atoms with Gasteiger partial charge in [0.05, 0.1) is 30.3 Å². The number of hydrogen-bond donors (Lipinski definition) is 0. The summed E-state index contributed by atoms with van der Waals surface area (Å²) < 4.78 is 14.2. The Morgan fingerprint density at radius 2 is 1.84 bits per heavy atom. The van der Waals surface area contributed by atoms with Crippen molar-refractivity contribution in [1.82, 2.24) is 9.66 Å². The van der Waals surface area contributed by atoms with E-state index in [2.05, 4.69) is 37.0 Å². The van der Waals surface area contributed by atoms with Crippen molar-refractivity contribution in [2.75, 3.05) is 7.11 Å². The number of rotatable bonds is 5. The topological polar surface area (TPSA) is 65.7 Å². The second kappa shape index (κ2) is 9.12. The maximum absolute atomic E-state index is 13.3. The smallest absolute Gasteiger partial charge is 0.282 e. The third-order valence-corrected chi connectivity index (χ3v) is 5.62. The quantitative estimate of drug-likeness (QED) is 0.371. The van der Waals surface area contributed by atoms with E-state index in [1.807, 2.05) is 58.9 Å². The molecule has 8 heteroatoms. The molecule has 31 heavy (non-hydrogen) atoms. The van der Waals surface area contributed by atoms with Crippen molar-refractivity contribution in [3.05, 3.63) is 61.0 Å². The van der Waals surface area contributed by atoms with E-state index in [0.717, 1.165) is 14.5 Å². The summed E-state index contributed by atoms with van der Waals surface area (Å²) in [4.78, 5) is 18.0. The van der Waals surface area contributed by atoms with Gasteiger partial charge in [0.2, 0.25) is 0 Å². The highest BCUT2D eigenvalue weighted by Gasteiger charge is 2.23. The SMILES string of the molecule is COc1cc(C=Nn2c(C(C)(C)C)nc3ccc(Br)cc3c2=O)c(Br)cc1OC(C)C. The average Bonchev–Trinajstić information content (AvgIpc) is 2.67. The molecule has 3 aromatic rings. The van der Waals surface area contributed by atoms with Crippen LogP contribution in [0.4, 0.5) is 0 Å². The molecule has 0 fully saturated rings. The Kier molecular flexibility index (Phi) is 6.91. The average molecular weight is 551 g/mol. The number of halogens is 2. The first kappa shape index (κ1) is 23.5. The number of aromatic nitrogens is 2. The van der Waals surface area contributed by atoms with E-state index >= 15 is 0 Å². The molecule has 2 aromatic carbocycles. The standard InChI is InChI=1S/C23H25Br2N3O3/c1-13(2)31-20-11-17(25)14(9-19(20)30-6)12-26-28-21(29)16-10-15(24)7-8-18(16)27-22(28)23(3,4)5/h7-13H,1-6H3. The van der Waals surface area contributed by atoms with Gasteiger partial charge in [-0.15, -0.1) is 0 Å². The first-order valence-electron chi connectivity index (χ1n) is 9.82. The third-order valence-electron chi connectivity index (χ3n) is 4.44. The molecule has 0 aliphatic heterocycles. The summed E-state index contributed by atoms with van der Waals surface area (Å²) in [5.74, 6) is 1.79. The van der Waals surface area contributed by atoms with Crippen molar-refractivity contribution < 1.29 is 9.47 Å². The van der Waals surface area contributed by atoms with E-state index in [9.17, 15) is 4.79 Å². The third kappa shape index (κ3) is 5.18. The van der Waals surface area contributed by atoms with E-state index in [1.54, 1.807) is 19.4 Å². The lowest BCUT2D eigenvalue weighted by atomic mass is 9.95. The van der Waals surface area contributed by atoms with Crippen LogP contribution in [-0.2, 0) is 5.41 Å². The van der Waals surface area contributed by atoms with Gasteiger partial charge in [0.25, 0.3) is 5.56 Å². The monoisotopic (exact) mass is 549 g/mol. The number of ether oxygens (including phenoxy) is 2. The van der Waals surface area contributed by atoms with Crippen LogP contribution in [0.15, 0.2) is 49.2 Å². The van der Waals surface area contributed by atoms with Gasteiger partial charge >= 0.3 is 0 Å². The van der Waals surface area contributed by atoms with Gasteiger partial charge in [0.15, 0.2) is 11.5 Å². The zero-order chi connectivity index (χ0) is 22.9. The Morgan fingerprint density at radius 3 is 2.45 bits per heavy atom. The minimum absolute atomic E-state index is 0.0104. The van der Waals surface area contributed by atoms with Crippen molar-refractivity contribution in [1.29, 1.82) is 0 Å². The molecule has 1 aromatic heterocycles. The molecule has 0 spiro atoms. The van der Waals surface area contributed by atoms with Crippen LogP contribution in [0.5, 0.6) is 11.5 Å². The van der Waals surface area contributed by atoms with Gasteiger partial charge in [-0.05, 0) is 60.1 Å². The molecule has 0 aliphatic rings. The molecule has 0 aliphatic carbocycles. The normalized spacial score (nSPS) is 12.2. The fourth-order valence-electron chi connectivity index (χ4n) is 3.02. The van der Waals surface area contributed by atoms with Crippen molar-refractivity contribution in [3.63, 3.8) is 0 Å². The molecule has 0 amide bonds. The van der Waals surface area contributed by atoms with Gasteiger partial charge < -0.3 is 9.47 Å². The molecule has 3 rings (SSSR count). The van der Waals surface area contributed by atoms with Crippen LogP contribution >= 0.6 is 31.9 Å². The van der Waals surface area contributed by atoms with Crippen LogP contribution < -0.4 is 15.0 Å². The van der Waals surface area contributed by atoms with Crippen LogP contribution in [0.25, 0.3) is 10.9 Å². The molecule has 0 unspecified atom stereocenters. The van der Waals surface area contributed by atoms with Crippen LogP contribution in [0.1, 0.15) is 46.0 Å². The van der Waals surface area contributed by atoms with E-state index < -0.39 is 0 Å². The number of fused-ring (bicyclic) bond motifs is 1. The van der Waals surface area contributed by atoms with E-state index in [1.165, 1.54) is 4.68 Å². The van der Waals surface area contributed by atoms with Gasteiger partial charge in [0, 0.05) is 19.9 Å². The summed E-state index contributed by atoms with van der Waals surface area (Å²) in [6.07, 6.45) is 1.63. The largest absolute Gasteiger partial charge is 0.493 e. The molecule has 0 saturated carbocycles. The van der Waals surface area contributed by atoms with E-state index in [4.69, 9.17) is 14.5 Å². The second-order valence-electron chi connectivity index (χ2n) is 8.40. The van der Waals surface area contributed by atoms with Crippen molar-refractivity contribution in [2.45, 2.75) is 46.1 Å². The molecule has 6 nitrogen and oxygen atoms in total. The minimum atomic E-state index is -0.387. The van der Waals surface area contributed by atoms with E-state index in [-0.39, 0.29) is 17.1 Å². The highest BCUT2D eigenvalue weighted by atomic mass is 79.9. The fraction of sp³-hybridized carbons (Fsp3) is 0.348. The van der Waals surface area contributed by atoms with Crippen LogP contribution in [-0.4, -0.2) is 29.1 Å². The fourth-order valence-corrected chi connectivity index (χ4v) is 3.80. The Hall–Kier alpha value is -2.19. The Labute approximate surface area is 198 Å². The van der Waals surface area contributed by atoms with E-state index in [0.29, 0.717) is 28.2 Å². The molecule has 0 radical (unpaired) electrons. The minimum Gasteiger partial charge on any atom is -0.493 e. The Bertz CT molecular complexity index is 1210. The first-order chi connectivity index (χ1) is 14.5. The predicted octanol–water partition coefficient (Wildman–Crippen LogP) is 5.90. The summed E-state index contributed by atoms with van der Waals surface area (Å²) in [6.45, 7) is 9.91. The van der Waals surface area contributed by atoms with Gasteiger partial charge in [-0.25, -0.2) is 4.98 Å². The van der Waals surface area contributed by atoms with Crippen molar-refractivity contribution in [3.8, 4) is 11.5 Å². The lowest BCUT2D eigenvalue weighted by Gasteiger charge is -2.21. The maximum atomic E-state index is 13.3. The van der Waals surface area contributed by atoms with Crippen LogP contribution in [0, 0.1) is 0 Å². The predicted molar refractivity (Wildman–Crippen MR) is 132 cm³/mol. The second-order valence-corrected chi connectivity index (χ2v) is 10.2. The molecule has 164 valence electrons. The maximum Gasteiger partial charge on any atom is 0.282 e. The molecule has 0 saturated heterocycles. The van der Waals surface area contributed by atoms with Crippen molar-refractivity contribution >= 4 is 49.0 Å². The van der Waals surface area contributed by atoms with Crippen LogP contribution in [0.2, 0.25) is 0 Å². The highest BCUT2D eigenvalue weighted by Crippen LogP contribution is 2.33. The summed E-state index contributed by atoms with van der Waals surface area (Å²) in [6, 6.07) is 9.12. The molecular formula is C23H25Br2N3O3. The summed E-state index contributed by atoms with van der Waals surface area (Å²) in [5, 5.41) is 5.02. The number of nitrogens with zero attached hydrogens (tertiary/aromatic N) is 3. The van der Waals surface area contributed by atoms with Gasteiger partial charge in [-0.3, -0.25) is 4.79 Å². The summed E-state index contributed by atoms with van der Waals surface area (Å²) >= 11 is 6.99. The van der Waals surface area contributed by atoms with Crippen LogP contribution in [0.3, 0.4) is 0 Å². The van der Waals surface area contributed by atoms with Gasteiger partial charge in [0.1, 0.15) is 5.82 Å². The zero-order valence-electron chi connectivity index (χ0n) is 18.4. The lowest BCUT2D eigenvalue weighted by molar-refractivity contribution is 0.230. The van der Waals surface area contributed by atoms with Gasteiger partial charge in [-0.1, -0.05) is 36.7 Å². The number of hydrogen-bond acceptors (Lipinski definition) is 5. The van der Waals surface area contributed by atoms with Gasteiger partial charge in [-0.2, -0.15) is 9.78 Å². The summed E-state index contributed by atoms with van der Waals surface area (Å²) in [7, 11) is 1.59. The molecule has 0 bridgehead atoms. The summed E-state index contributed by atoms with van der Waals surface area (Å²) in [5.41, 5.74) is 0.772. The highest BCUT2D eigenvalue weighted by molar-refractivity contribution is 9.10. The Balaban J connectivity index is 2.17. The molecular weight excluding hydrogens is 526 g/mol. The first-order valence-corrected chi connectivity index (χ1v) is 11.4. The lowest BCUT2D eigenvalue weighted by Crippen LogP contribution is -2.29. The molecule has 0 atom stereocenters. The number of methoxy groups -OCH3 is 1. The zero-order valence-corrected chi connectivity index (χ0v) is 21.5. The Morgan fingerprint density at radius 1 is 1.13 bits per heavy atom. The molecule has 0 N–H and O–H groups in total.